The van der Waals surface area contributed by atoms with Gasteiger partial charge in [0.25, 0.3) is 5.91 Å². The minimum absolute atomic E-state index is 0.0469. The van der Waals surface area contributed by atoms with E-state index in [0.717, 1.165) is 25.9 Å². The van der Waals surface area contributed by atoms with Gasteiger partial charge in [0, 0.05) is 25.3 Å². The molecule has 0 aliphatic carbocycles. The first kappa shape index (κ1) is 9.21. The lowest BCUT2D eigenvalue weighted by atomic mass is 10.1. The first-order valence-corrected chi connectivity index (χ1v) is 4.81. The number of nitrogens with one attached hydrogen (secondary N) is 1. The second kappa shape index (κ2) is 3.79. The average Bonchev–Trinajstić information content (AvgIpc) is 2.71. The van der Waals surface area contributed by atoms with E-state index in [1.54, 1.807) is 12.4 Å². The van der Waals surface area contributed by atoms with Gasteiger partial charge in [0.15, 0.2) is 0 Å². The third kappa shape index (κ3) is 1.77. The Balaban J connectivity index is 1.99. The van der Waals surface area contributed by atoms with Crippen molar-refractivity contribution in [1.29, 1.82) is 0 Å². The number of hydrogen-bond acceptors (Lipinski definition) is 3. The van der Waals surface area contributed by atoms with Crippen molar-refractivity contribution in [1.82, 2.24) is 15.1 Å². The van der Waals surface area contributed by atoms with E-state index in [2.05, 4.69) is 10.2 Å². The van der Waals surface area contributed by atoms with E-state index in [1.807, 2.05) is 4.90 Å². The fraction of sp³-hybridized carbons (Fsp3) is 0.556. The highest BCUT2D eigenvalue weighted by molar-refractivity contribution is 5.93. The summed E-state index contributed by atoms with van der Waals surface area (Å²) in [6, 6.07) is 0.253. The summed E-state index contributed by atoms with van der Waals surface area (Å²) in [5.41, 5.74) is 6.38. The molecular formula is C9H14N4O. The third-order valence-electron chi connectivity index (χ3n) is 2.57. The van der Waals surface area contributed by atoms with Crippen molar-refractivity contribution in [3.63, 3.8) is 0 Å². The van der Waals surface area contributed by atoms with E-state index in [-0.39, 0.29) is 11.9 Å². The van der Waals surface area contributed by atoms with E-state index in [9.17, 15) is 4.79 Å². The van der Waals surface area contributed by atoms with Gasteiger partial charge in [0.05, 0.1) is 11.8 Å². The maximum atomic E-state index is 11.8. The molecule has 3 N–H and O–H groups in total. The van der Waals surface area contributed by atoms with E-state index in [1.165, 1.54) is 0 Å². The highest BCUT2D eigenvalue weighted by Gasteiger charge is 2.21. The molecule has 76 valence electrons. The summed E-state index contributed by atoms with van der Waals surface area (Å²) in [4.78, 5) is 13.6. The number of rotatable bonds is 1. The minimum Gasteiger partial charge on any atom is -0.338 e. The zero-order chi connectivity index (χ0) is 9.97. The van der Waals surface area contributed by atoms with E-state index in [4.69, 9.17) is 5.73 Å². The van der Waals surface area contributed by atoms with Gasteiger partial charge in [-0.05, 0) is 12.8 Å². The van der Waals surface area contributed by atoms with Crippen LogP contribution in [0.3, 0.4) is 0 Å². The van der Waals surface area contributed by atoms with Crippen LogP contribution in [0, 0.1) is 0 Å². The maximum Gasteiger partial charge on any atom is 0.257 e. The van der Waals surface area contributed by atoms with Gasteiger partial charge in [-0.2, -0.15) is 5.10 Å². The highest BCUT2D eigenvalue weighted by atomic mass is 16.2. The predicted molar refractivity (Wildman–Crippen MR) is 51.7 cm³/mol. The number of likely N-dealkylation sites (tertiary alicyclic amines) is 1. The molecule has 1 saturated heterocycles. The van der Waals surface area contributed by atoms with Crippen LogP contribution >= 0.6 is 0 Å². The number of hydrogen-bond donors (Lipinski definition) is 2. The van der Waals surface area contributed by atoms with Crippen LogP contribution in [0.1, 0.15) is 23.2 Å². The lowest BCUT2D eigenvalue weighted by Crippen LogP contribution is -2.42. The van der Waals surface area contributed by atoms with Crippen molar-refractivity contribution in [2.45, 2.75) is 18.9 Å². The van der Waals surface area contributed by atoms with E-state index < -0.39 is 0 Å². The van der Waals surface area contributed by atoms with Crippen LogP contribution in [-0.4, -0.2) is 40.1 Å². The zero-order valence-corrected chi connectivity index (χ0v) is 7.94. The van der Waals surface area contributed by atoms with Crippen LogP contribution in [0.4, 0.5) is 0 Å². The zero-order valence-electron chi connectivity index (χ0n) is 7.94. The molecule has 1 aromatic rings. The average molecular weight is 194 g/mol. The van der Waals surface area contributed by atoms with Crippen LogP contribution in [-0.2, 0) is 0 Å². The number of H-pyrrole nitrogens is 1. The van der Waals surface area contributed by atoms with Crippen molar-refractivity contribution >= 4 is 5.91 Å². The predicted octanol–water partition coefficient (Wildman–Crippen LogP) is -0.0270. The van der Waals surface area contributed by atoms with Crippen LogP contribution < -0.4 is 5.73 Å². The van der Waals surface area contributed by atoms with Crippen LogP contribution in [0.2, 0.25) is 0 Å². The van der Waals surface area contributed by atoms with Crippen molar-refractivity contribution in [3.05, 3.63) is 18.0 Å². The second-order valence-corrected chi connectivity index (χ2v) is 3.62. The SMILES string of the molecule is NC1CCN(C(=O)c2cn[nH]c2)CC1. The summed E-state index contributed by atoms with van der Waals surface area (Å²) in [6.45, 7) is 1.51. The number of carbonyl (C=O) groups is 1. The van der Waals surface area contributed by atoms with E-state index in [0.29, 0.717) is 5.56 Å². The van der Waals surface area contributed by atoms with Gasteiger partial charge < -0.3 is 10.6 Å². The maximum absolute atomic E-state index is 11.8. The first-order valence-electron chi connectivity index (χ1n) is 4.81. The van der Waals surface area contributed by atoms with Gasteiger partial charge in [0.2, 0.25) is 0 Å². The van der Waals surface area contributed by atoms with Gasteiger partial charge in [-0.25, -0.2) is 0 Å². The molecule has 1 amide bonds. The summed E-state index contributed by atoms with van der Waals surface area (Å²) in [7, 11) is 0. The second-order valence-electron chi connectivity index (χ2n) is 3.62. The summed E-state index contributed by atoms with van der Waals surface area (Å²) < 4.78 is 0. The van der Waals surface area contributed by atoms with Gasteiger partial charge >= 0.3 is 0 Å². The van der Waals surface area contributed by atoms with Crippen LogP contribution in [0.25, 0.3) is 0 Å². The standard InChI is InChI=1S/C9H14N4O/c10-8-1-3-13(4-2-8)9(14)7-5-11-12-6-7/h5-6,8H,1-4,10H2,(H,11,12). The number of aromatic amines is 1. The Morgan fingerprint density at radius 2 is 2.29 bits per heavy atom. The monoisotopic (exact) mass is 194 g/mol. The third-order valence-corrected chi connectivity index (χ3v) is 2.57. The highest BCUT2D eigenvalue weighted by Crippen LogP contribution is 2.11. The normalized spacial score (nSPS) is 18.5. The molecule has 0 unspecified atom stereocenters. The largest absolute Gasteiger partial charge is 0.338 e. The quantitative estimate of drug-likeness (QED) is 0.659. The molecule has 0 atom stereocenters. The number of carbonyl (C=O) groups excluding carboxylic acids is 1. The van der Waals surface area contributed by atoms with Crippen LogP contribution in [0.15, 0.2) is 12.4 Å². The van der Waals surface area contributed by atoms with Gasteiger partial charge in [-0.15, -0.1) is 0 Å². The summed E-state index contributed by atoms with van der Waals surface area (Å²) in [5.74, 6) is 0.0469. The number of piperidine rings is 1. The fourth-order valence-corrected chi connectivity index (χ4v) is 1.65. The molecule has 1 aromatic heterocycles. The van der Waals surface area contributed by atoms with Gasteiger partial charge in [0.1, 0.15) is 0 Å². The molecule has 0 saturated carbocycles. The molecule has 2 rings (SSSR count). The van der Waals surface area contributed by atoms with Crippen molar-refractivity contribution < 1.29 is 4.79 Å². The van der Waals surface area contributed by atoms with Gasteiger partial charge in [-0.1, -0.05) is 0 Å². The molecular weight excluding hydrogens is 180 g/mol. The Hall–Kier alpha value is -1.36. The number of aromatic nitrogens is 2. The summed E-state index contributed by atoms with van der Waals surface area (Å²) in [5, 5.41) is 6.39. The molecule has 1 aliphatic heterocycles. The molecule has 14 heavy (non-hydrogen) atoms. The number of nitrogens with zero attached hydrogens (tertiary/aromatic N) is 2. The molecule has 1 aliphatic rings. The Kier molecular flexibility index (Phi) is 2.49. The Labute approximate surface area is 82.3 Å². The Morgan fingerprint density at radius 1 is 1.57 bits per heavy atom. The molecule has 0 radical (unpaired) electrons. The molecule has 0 bridgehead atoms. The molecule has 0 spiro atoms. The lowest BCUT2D eigenvalue weighted by molar-refractivity contribution is 0.0715. The molecule has 0 aromatic carbocycles. The number of nitrogens with two attached hydrogens (primary N) is 1. The fourth-order valence-electron chi connectivity index (χ4n) is 1.65. The van der Waals surface area contributed by atoms with Crippen LogP contribution in [0.5, 0.6) is 0 Å². The summed E-state index contributed by atoms with van der Waals surface area (Å²) in [6.07, 6.45) is 4.96. The molecule has 5 heteroatoms. The Bertz CT molecular complexity index is 301. The first-order chi connectivity index (χ1) is 6.77. The number of amides is 1. The molecule has 1 fully saturated rings. The Morgan fingerprint density at radius 3 is 2.86 bits per heavy atom. The van der Waals surface area contributed by atoms with Crippen molar-refractivity contribution in [2.75, 3.05) is 13.1 Å². The topological polar surface area (TPSA) is 75.0 Å². The van der Waals surface area contributed by atoms with Crippen molar-refractivity contribution in [2.24, 2.45) is 5.73 Å². The van der Waals surface area contributed by atoms with Gasteiger partial charge in [-0.3, -0.25) is 9.89 Å². The lowest BCUT2D eigenvalue weighted by Gasteiger charge is -2.29. The minimum atomic E-state index is 0.0469. The van der Waals surface area contributed by atoms with Crippen molar-refractivity contribution in [3.8, 4) is 0 Å². The molecule has 2 heterocycles. The smallest absolute Gasteiger partial charge is 0.257 e. The molecule has 5 nitrogen and oxygen atoms in total. The van der Waals surface area contributed by atoms with E-state index >= 15 is 0 Å². The summed E-state index contributed by atoms with van der Waals surface area (Å²) >= 11 is 0.